The maximum atomic E-state index is 12.1. The molecule has 1 aliphatic heterocycles. The minimum absolute atomic E-state index is 0.230. The first-order chi connectivity index (χ1) is 9.59. The van der Waals surface area contributed by atoms with Crippen molar-refractivity contribution in [3.8, 4) is 0 Å². The maximum Gasteiger partial charge on any atom is 0.314 e. The van der Waals surface area contributed by atoms with Crippen LogP contribution in [0, 0.1) is 11.8 Å². The van der Waals surface area contributed by atoms with E-state index in [1.165, 1.54) is 0 Å². The molecule has 4 nitrogen and oxygen atoms in total. The highest BCUT2D eigenvalue weighted by Gasteiger charge is 2.67. The second-order valence-corrected chi connectivity index (χ2v) is 5.59. The Labute approximate surface area is 122 Å². The van der Waals surface area contributed by atoms with Gasteiger partial charge in [-0.15, -0.1) is 0 Å². The quantitative estimate of drug-likeness (QED) is 0.804. The van der Waals surface area contributed by atoms with Gasteiger partial charge in [-0.1, -0.05) is 23.7 Å². The molecule has 1 aliphatic carbocycles. The molecule has 106 valence electrons. The molecule has 1 heterocycles. The zero-order valence-corrected chi connectivity index (χ0v) is 11.9. The summed E-state index contributed by atoms with van der Waals surface area (Å²) in [5.41, 5.74) is -0.0319. The summed E-state index contributed by atoms with van der Waals surface area (Å²) < 4.78 is 10.6. The van der Waals surface area contributed by atoms with Gasteiger partial charge in [0.05, 0.1) is 6.61 Å². The van der Waals surface area contributed by atoms with Crippen molar-refractivity contribution in [3.05, 3.63) is 34.9 Å². The maximum absolute atomic E-state index is 12.1. The number of fused-ring (bicyclic) bond motifs is 1. The SMILES string of the molecule is CCOC(=O)[C@@H]1CC[C@H]2C(=O)O[C@@]12c1ccc(Cl)cc1. The number of hydrogen-bond acceptors (Lipinski definition) is 4. The van der Waals surface area contributed by atoms with Gasteiger partial charge in [0.25, 0.3) is 0 Å². The Kier molecular flexibility index (Phi) is 3.21. The molecule has 2 aliphatic rings. The fourth-order valence-corrected chi connectivity index (χ4v) is 3.45. The standard InChI is InChI=1S/C15H15ClO4/c1-2-19-13(17)11-7-8-12-14(18)20-15(11,12)9-3-5-10(16)6-4-9/h3-6,11-12H,2,7-8H2,1H3/t11-,12-,15-/m0/s1. The van der Waals surface area contributed by atoms with E-state index in [-0.39, 0.29) is 17.9 Å². The second-order valence-electron chi connectivity index (χ2n) is 5.16. The normalized spacial score (nSPS) is 31.2. The van der Waals surface area contributed by atoms with Crippen LogP contribution in [0.1, 0.15) is 25.3 Å². The number of esters is 2. The zero-order chi connectivity index (χ0) is 14.3. The van der Waals surface area contributed by atoms with Gasteiger partial charge in [-0.25, -0.2) is 0 Å². The molecule has 0 spiro atoms. The summed E-state index contributed by atoms with van der Waals surface area (Å²) in [4.78, 5) is 23.8. The van der Waals surface area contributed by atoms with Crippen molar-refractivity contribution in [2.45, 2.75) is 25.4 Å². The van der Waals surface area contributed by atoms with Crippen LogP contribution < -0.4 is 0 Å². The molecule has 0 aromatic heterocycles. The van der Waals surface area contributed by atoms with Crippen molar-refractivity contribution in [2.24, 2.45) is 11.8 Å². The first-order valence-electron chi connectivity index (χ1n) is 6.75. The number of ether oxygens (including phenoxy) is 2. The zero-order valence-electron chi connectivity index (χ0n) is 11.1. The summed E-state index contributed by atoms with van der Waals surface area (Å²) in [7, 11) is 0. The summed E-state index contributed by atoms with van der Waals surface area (Å²) in [6.45, 7) is 2.09. The molecular formula is C15H15ClO4. The van der Waals surface area contributed by atoms with Crippen molar-refractivity contribution < 1.29 is 19.1 Å². The van der Waals surface area contributed by atoms with E-state index < -0.39 is 11.5 Å². The fourth-order valence-electron chi connectivity index (χ4n) is 3.33. The molecular weight excluding hydrogens is 280 g/mol. The lowest BCUT2D eigenvalue weighted by Crippen LogP contribution is -2.56. The molecule has 1 aromatic carbocycles. The van der Waals surface area contributed by atoms with Gasteiger partial charge in [-0.2, -0.15) is 0 Å². The summed E-state index contributed by atoms with van der Waals surface area (Å²) >= 11 is 5.90. The van der Waals surface area contributed by atoms with Crippen LogP contribution in [0.4, 0.5) is 0 Å². The molecule has 5 heteroatoms. The van der Waals surface area contributed by atoms with Crippen LogP contribution >= 0.6 is 11.6 Å². The van der Waals surface area contributed by atoms with Gasteiger partial charge in [0, 0.05) is 5.02 Å². The third kappa shape index (κ3) is 1.74. The average molecular weight is 295 g/mol. The van der Waals surface area contributed by atoms with E-state index in [1.807, 2.05) is 12.1 Å². The van der Waals surface area contributed by atoms with Gasteiger partial charge in [0.15, 0.2) is 5.60 Å². The van der Waals surface area contributed by atoms with Gasteiger partial charge in [0.2, 0.25) is 0 Å². The number of benzene rings is 1. The molecule has 3 atom stereocenters. The Hall–Kier alpha value is -1.55. The number of halogens is 1. The van der Waals surface area contributed by atoms with Crippen molar-refractivity contribution in [3.63, 3.8) is 0 Å². The predicted octanol–water partition coefficient (Wildman–Crippen LogP) is 2.68. The number of carbonyl (C=O) groups excluding carboxylic acids is 2. The van der Waals surface area contributed by atoms with Crippen molar-refractivity contribution in [1.29, 1.82) is 0 Å². The summed E-state index contributed by atoms with van der Waals surface area (Å²) in [5, 5.41) is 0.609. The van der Waals surface area contributed by atoms with Crippen LogP contribution in [0.3, 0.4) is 0 Å². The molecule has 1 saturated carbocycles. The highest BCUT2D eigenvalue weighted by atomic mass is 35.5. The van der Waals surface area contributed by atoms with E-state index in [4.69, 9.17) is 21.1 Å². The summed E-state index contributed by atoms with van der Waals surface area (Å²) in [5.74, 6) is -1.20. The minimum Gasteiger partial charge on any atom is -0.466 e. The third-order valence-electron chi connectivity index (χ3n) is 4.20. The van der Waals surface area contributed by atoms with Gasteiger partial charge < -0.3 is 9.47 Å². The molecule has 0 radical (unpaired) electrons. The van der Waals surface area contributed by atoms with E-state index in [9.17, 15) is 9.59 Å². The average Bonchev–Trinajstić information content (AvgIpc) is 2.73. The lowest BCUT2D eigenvalue weighted by molar-refractivity contribution is -0.221. The molecule has 0 N–H and O–H groups in total. The Morgan fingerprint density at radius 1 is 1.40 bits per heavy atom. The third-order valence-corrected chi connectivity index (χ3v) is 4.45. The number of carbonyl (C=O) groups is 2. The van der Waals surface area contributed by atoms with Crippen LogP contribution in [-0.2, 0) is 24.7 Å². The van der Waals surface area contributed by atoms with E-state index in [0.29, 0.717) is 24.5 Å². The Morgan fingerprint density at radius 3 is 2.70 bits per heavy atom. The molecule has 0 amide bonds. The largest absolute Gasteiger partial charge is 0.466 e. The topological polar surface area (TPSA) is 52.6 Å². The lowest BCUT2D eigenvalue weighted by atomic mass is 9.74. The highest BCUT2D eigenvalue weighted by molar-refractivity contribution is 6.30. The Morgan fingerprint density at radius 2 is 2.10 bits per heavy atom. The van der Waals surface area contributed by atoms with Crippen LogP contribution in [-0.4, -0.2) is 18.5 Å². The van der Waals surface area contributed by atoms with Gasteiger partial charge in [-0.05, 0) is 37.5 Å². The predicted molar refractivity (Wildman–Crippen MR) is 72.1 cm³/mol. The molecule has 0 bridgehead atoms. The van der Waals surface area contributed by atoms with Gasteiger partial charge in [-0.3, -0.25) is 9.59 Å². The first-order valence-corrected chi connectivity index (χ1v) is 7.13. The molecule has 2 fully saturated rings. The van der Waals surface area contributed by atoms with E-state index in [1.54, 1.807) is 19.1 Å². The highest BCUT2D eigenvalue weighted by Crippen LogP contribution is 2.58. The number of rotatable bonds is 3. The lowest BCUT2D eigenvalue weighted by Gasteiger charge is -2.46. The summed E-state index contributed by atoms with van der Waals surface area (Å²) in [6.07, 6.45) is 1.27. The van der Waals surface area contributed by atoms with E-state index >= 15 is 0 Å². The van der Waals surface area contributed by atoms with Gasteiger partial charge >= 0.3 is 11.9 Å². The van der Waals surface area contributed by atoms with E-state index in [2.05, 4.69) is 0 Å². The van der Waals surface area contributed by atoms with Crippen LogP contribution in [0.15, 0.2) is 24.3 Å². The first kappa shape index (κ1) is 13.4. The van der Waals surface area contributed by atoms with Crippen LogP contribution in [0.25, 0.3) is 0 Å². The van der Waals surface area contributed by atoms with Crippen molar-refractivity contribution in [2.75, 3.05) is 6.61 Å². The second kappa shape index (κ2) is 4.77. The monoisotopic (exact) mass is 294 g/mol. The molecule has 1 aromatic rings. The number of hydrogen-bond donors (Lipinski definition) is 0. The molecule has 1 saturated heterocycles. The van der Waals surface area contributed by atoms with Crippen LogP contribution in [0.2, 0.25) is 5.02 Å². The van der Waals surface area contributed by atoms with Gasteiger partial charge in [0.1, 0.15) is 11.8 Å². The summed E-state index contributed by atoms with van der Waals surface area (Å²) in [6, 6.07) is 7.13. The van der Waals surface area contributed by atoms with Crippen molar-refractivity contribution in [1.82, 2.24) is 0 Å². The Balaban J connectivity index is 1.99. The minimum atomic E-state index is -0.853. The molecule has 3 rings (SSSR count). The fraction of sp³-hybridized carbons (Fsp3) is 0.467. The van der Waals surface area contributed by atoms with Crippen molar-refractivity contribution >= 4 is 23.5 Å². The molecule has 20 heavy (non-hydrogen) atoms. The van der Waals surface area contributed by atoms with E-state index in [0.717, 1.165) is 5.56 Å². The smallest absolute Gasteiger partial charge is 0.314 e. The molecule has 0 unspecified atom stereocenters. The Bertz CT molecular complexity index is 553. The van der Waals surface area contributed by atoms with Crippen LogP contribution in [0.5, 0.6) is 0 Å².